The maximum Gasteiger partial charge on any atom is 0.303 e. The quantitative estimate of drug-likeness (QED) is 0.569. The van der Waals surface area contributed by atoms with E-state index in [-0.39, 0.29) is 0 Å². The van der Waals surface area contributed by atoms with Gasteiger partial charge in [0, 0.05) is 12.5 Å². The molecule has 1 saturated carbocycles. The van der Waals surface area contributed by atoms with Gasteiger partial charge in [-0.25, -0.2) is 0 Å². The van der Waals surface area contributed by atoms with E-state index in [0.717, 1.165) is 31.8 Å². The van der Waals surface area contributed by atoms with Gasteiger partial charge in [0.2, 0.25) is 0 Å². The second-order valence-corrected chi connectivity index (χ2v) is 3.43. The van der Waals surface area contributed by atoms with Gasteiger partial charge in [0.25, 0.3) is 0 Å². The number of hydrogen-bond donors (Lipinski definition) is 2. The van der Waals surface area contributed by atoms with Crippen LogP contribution in [0.5, 0.6) is 0 Å². The van der Waals surface area contributed by atoms with E-state index in [1.807, 2.05) is 0 Å². The monoisotopic (exact) mass is 171 g/mol. The van der Waals surface area contributed by atoms with Crippen LogP contribution in [-0.2, 0) is 4.79 Å². The first-order valence-electron chi connectivity index (χ1n) is 4.74. The minimum Gasteiger partial charge on any atom is -0.481 e. The highest BCUT2D eigenvalue weighted by atomic mass is 16.4. The molecule has 0 spiro atoms. The van der Waals surface area contributed by atoms with Gasteiger partial charge in [-0.1, -0.05) is 6.42 Å². The molecule has 0 aromatic heterocycles. The number of hydrogen-bond acceptors (Lipinski definition) is 2. The highest BCUT2D eigenvalue weighted by molar-refractivity contribution is 5.66. The zero-order valence-corrected chi connectivity index (χ0v) is 7.38. The summed E-state index contributed by atoms with van der Waals surface area (Å²) >= 11 is 0. The SMILES string of the molecule is O=C(O)CCCCCNC1CC1. The Morgan fingerprint density at radius 3 is 2.67 bits per heavy atom. The molecule has 3 nitrogen and oxygen atoms in total. The van der Waals surface area contributed by atoms with Crippen molar-refractivity contribution in [3.8, 4) is 0 Å². The van der Waals surface area contributed by atoms with Gasteiger partial charge in [-0.3, -0.25) is 4.79 Å². The van der Waals surface area contributed by atoms with Crippen molar-refractivity contribution in [2.75, 3.05) is 6.54 Å². The highest BCUT2D eigenvalue weighted by Gasteiger charge is 2.19. The molecule has 0 atom stereocenters. The fourth-order valence-electron chi connectivity index (χ4n) is 1.17. The van der Waals surface area contributed by atoms with Crippen LogP contribution in [0.25, 0.3) is 0 Å². The summed E-state index contributed by atoms with van der Waals surface area (Å²) in [5, 5.41) is 11.7. The maximum absolute atomic E-state index is 10.1. The molecule has 70 valence electrons. The summed E-state index contributed by atoms with van der Waals surface area (Å²) in [6.07, 6.45) is 5.95. The fraction of sp³-hybridized carbons (Fsp3) is 0.889. The van der Waals surface area contributed by atoms with Crippen LogP contribution in [0.2, 0.25) is 0 Å². The van der Waals surface area contributed by atoms with Gasteiger partial charge < -0.3 is 10.4 Å². The lowest BCUT2D eigenvalue weighted by Gasteiger charge is -2.00. The summed E-state index contributed by atoms with van der Waals surface area (Å²) < 4.78 is 0. The Hall–Kier alpha value is -0.570. The summed E-state index contributed by atoms with van der Waals surface area (Å²) in [5.41, 5.74) is 0. The Kier molecular flexibility index (Phi) is 4.08. The Labute approximate surface area is 73.2 Å². The summed E-state index contributed by atoms with van der Waals surface area (Å²) in [7, 11) is 0. The van der Waals surface area contributed by atoms with Crippen molar-refractivity contribution in [2.24, 2.45) is 0 Å². The third-order valence-corrected chi connectivity index (χ3v) is 2.08. The number of aliphatic carboxylic acids is 1. The Morgan fingerprint density at radius 1 is 1.33 bits per heavy atom. The topological polar surface area (TPSA) is 49.3 Å². The number of rotatable bonds is 7. The van der Waals surface area contributed by atoms with Gasteiger partial charge in [0.05, 0.1) is 0 Å². The van der Waals surface area contributed by atoms with Gasteiger partial charge in [0.1, 0.15) is 0 Å². The van der Waals surface area contributed by atoms with E-state index in [0.29, 0.717) is 6.42 Å². The average molecular weight is 171 g/mol. The molecule has 12 heavy (non-hydrogen) atoms. The predicted molar refractivity (Wildman–Crippen MR) is 47.1 cm³/mol. The van der Waals surface area contributed by atoms with E-state index >= 15 is 0 Å². The Balaban J connectivity index is 1.73. The fourth-order valence-corrected chi connectivity index (χ4v) is 1.17. The zero-order chi connectivity index (χ0) is 8.81. The van der Waals surface area contributed by atoms with Crippen molar-refractivity contribution in [1.29, 1.82) is 0 Å². The maximum atomic E-state index is 10.1. The molecular weight excluding hydrogens is 154 g/mol. The van der Waals surface area contributed by atoms with E-state index in [2.05, 4.69) is 5.32 Å². The van der Waals surface area contributed by atoms with Gasteiger partial charge in [0.15, 0.2) is 0 Å². The average Bonchev–Trinajstić information content (AvgIpc) is 2.79. The molecule has 0 heterocycles. The third-order valence-electron chi connectivity index (χ3n) is 2.08. The number of carboxylic acids is 1. The van der Waals surface area contributed by atoms with Crippen molar-refractivity contribution >= 4 is 5.97 Å². The second-order valence-electron chi connectivity index (χ2n) is 3.43. The lowest BCUT2D eigenvalue weighted by Crippen LogP contribution is -2.17. The Morgan fingerprint density at radius 2 is 2.08 bits per heavy atom. The molecule has 1 aliphatic rings. The normalized spacial score (nSPS) is 16.3. The summed E-state index contributed by atoms with van der Waals surface area (Å²) in [5.74, 6) is -0.676. The number of carboxylic acid groups (broad SMARTS) is 1. The summed E-state index contributed by atoms with van der Waals surface area (Å²) in [6.45, 7) is 1.06. The van der Waals surface area contributed by atoms with Crippen LogP contribution in [0, 0.1) is 0 Å². The molecule has 2 N–H and O–H groups in total. The number of carbonyl (C=O) groups is 1. The predicted octanol–water partition coefficient (Wildman–Crippen LogP) is 1.38. The third kappa shape index (κ3) is 5.13. The van der Waals surface area contributed by atoms with Gasteiger partial charge in [-0.05, 0) is 32.2 Å². The van der Waals surface area contributed by atoms with E-state index in [1.54, 1.807) is 0 Å². The van der Waals surface area contributed by atoms with Gasteiger partial charge in [-0.15, -0.1) is 0 Å². The van der Waals surface area contributed by atoms with Crippen LogP contribution in [0.1, 0.15) is 38.5 Å². The molecule has 0 radical (unpaired) electrons. The van der Waals surface area contributed by atoms with E-state index in [1.165, 1.54) is 12.8 Å². The second kappa shape index (κ2) is 5.14. The van der Waals surface area contributed by atoms with Crippen molar-refractivity contribution in [1.82, 2.24) is 5.32 Å². The Bertz CT molecular complexity index is 143. The first kappa shape index (κ1) is 9.52. The van der Waals surface area contributed by atoms with E-state index < -0.39 is 5.97 Å². The standard InChI is InChI=1S/C9H17NO2/c11-9(12)4-2-1-3-7-10-8-5-6-8/h8,10H,1-7H2,(H,11,12). The van der Waals surface area contributed by atoms with Crippen LogP contribution in [0.15, 0.2) is 0 Å². The minimum absolute atomic E-state index is 0.323. The van der Waals surface area contributed by atoms with Crippen LogP contribution >= 0.6 is 0 Å². The smallest absolute Gasteiger partial charge is 0.303 e. The van der Waals surface area contributed by atoms with Crippen molar-refractivity contribution < 1.29 is 9.90 Å². The molecule has 0 aromatic carbocycles. The lowest BCUT2D eigenvalue weighted by molar-refractivity contribution is -0.137. The van der Waals surface area contributed by atoms with Crippen molar-refractivity contribution in [3.05, 3.63) is 0 Å². The lowest BCUT2D eigenvalue weighted by atomic mass is 10.2. The summed E-state index contributed by atoms with van der Waals surface area (Å²) in [4.78, 5) is 10.1. The van der Waals surface area contributed by atoms with Crippen LogP contribution in [-0.4, -0.2) is 23.7 Å². The first-order valence-corrected chi connectivity index (χ1v) is 4.74. The zero-order valence-electron chi connectivity index (χ0n) is 7.38. The molecule has 1 rings (SSSR count). The molecule has 0 amide bonds. The van der Waals surface area contributed by atoms with Crippen molar-refractivity contribution in [2.45, 2.75) is 44.6 Å². The number of nitrogens with one attached hydrogen (secondary N) is 1. The van der Waals surface area contributed by atoms with E-state index in [4.69, 9.17) is 5.11 Å². The molecular formula is C9H17NO2. The molecule has 0 saturated heterocycles. The highest BCUT2D eigenvalue weighted by Crippen LogP contribution is 2.18. The molecule has 1 fully saturated rings. The first-order chi connectivity index (χ1) is 5.79. The summed E-state index contributed by atoms with van der Waals surface area (Å²) in [6, 6.07) is 0.782. The molecule has 0 aliphatic heterocycles. The molecule has 0 unspecified atom stereocenters. The van der Waals surface area contributed by atoms with Gasteiger partial charge in [-0.2, -0.15) is 0 Å². The molecule has 0 bridgehead atoms. The van der Waals surface area contributed by atoms with Gasteiger partial charge >= 0.3 is 5.97 Å². The molecule has 1 aliphatic carbocycles. The molecule has 0 aromatic rings. The van der Waals surface area contributed by atoms with E-state index in [9.17, 15) is 4.79 Å². The largest absolute Gasteiger partial charge is 0.481 e. The minimum atomic E-state index is -0.676. The van der Waals surface area contributed by atoms with Crippen molar-refractivity contribution in [3.63, 3.8) is 0 Å². The number of unbranched alkanes of at least 4 members (excludes halogenated alkanes) is 2. The molecule has 3 heteroatoms. The van der Waals surface area contributed by atoms with Crippen LogP contribution in [0.3, 0.4) is 0 Å². The van der Waals surface area contributed by atoms with Crippen LogP contribution in [0.4, 0.5) is 0 Å². The van der Waals surface area contributed by atoms with Crippen LogP contribution < -0.4 is 5.32 Å².